The monoisotopic (exact) mass is 323 g/mol. The lowest BCUT2D eigenvalue weighted by Gasteiger charge is -2.26. The van der Waals surface area contributed by atoms with Crippen molar-refractivity contribution >= 4 is 5.71 Å². The molecule has 0 saturated carbocycles. The van der Waals surface area contributed by atoms with Gasteiger partial charge in [-0.25, -0.2) is 9.38 Å². The quantitative estimate of drug-likeness (QED) is 0.794. The second-order valence-electron chi connectivity index (χ2n) is 5.56. The first-order valence-electron chi connectivity index (χ1n) is 7.55. The van der Waals surface area contributed by atoms with E-state index in [4.69, 9.17) is 9.47 Å². The first-order chi connectivity index (χ1) is 11.5. The number of methoxy groups -OCH3 is 1. The van der Waals surface area contributed by atoms with Crippen molar-refractivity contribution in [1.82, 2.24) is 0 Å². The predicted molar refractivity (Wildman–Crippen MR) is 92.7 cm³/mol. The van der Waals surface area contributed by atoms with Crippen LogP contribution in [0.15, 0.2) is 84.3 Å². The predicted octanol–water partition coefficient (Wildman–Crippen LogP) is 4.75. The normalized spacial score (nSPS) is 19.6. The Hall–Kier alpha value is -2.88. The van der Waals surface area contributed by atoms with Crippen molar-refractivity contribution in [2.45, 2.75) is 12.1 Å². The van der Waals surface area contributed by atoms with Gasteiger partial charge in [-0.2, -0.15) is 0 Å². The van der Waals surface area contributed by atoms with Crippen LogP contribution in [0, 0.1) is 0 Å². The van der Waals surface area contributed by atoms with Crippen LogP contribution < -0.4 is 4.74 Å². The third-order valence-electron chi connectivity index (χ3n) is 3.87. The molecular weight excluding hydrogens is 305 g/mol. The number of nitrogens with zero attached hydrogens (tertiary/aromatic N) is 1. The summed E-state index contributed by atoms with van der Waals surface area (Å²) in [5.74, 6) is 0.618. The van der Waals surface area contributed by atoms with Gasteiger partial charge in [0.2, 0.25) is 5.72 Å². The number of ether oxygens (including phenoxy) is 2. The molecule has 2 aromatic rings. The second kappa shape index (κ2) is 6.32. The molecule has 0 aliphatic carbocycles. The number of benzene rings is 2. The Morgan fingerprint density at radius 2 is 1.83 bits per heavy atom. The largest absolute Gasteiger partial charge is 0.497 e. The molecule has 0 saturated heterocycles. The minimum atomic E-state index is -1.19. The standard InChI is InChI=1S/C20H18FNO2/c1-14(21)13-20(17-9-11-18(23-3)12-10-17)22-19(15(2)24-20)16-7-5-4-6-8-16/h4-12H,1-2,13H2,3H3. The van der Waals surface area contributed by atoms with Gasteiger partial charge in [-0.3, -0.25) is 0 Å². The fraction of sp³-hybridized carbons (Fsp3) is 0.150. The van der Waals surface area contributed by atoms with Crippen LogP contribution in [0.25, 0.3) is 0 Å². The van der Waals surface area contributed by atoms with Crippen LogP contribution in [-0.4, -0.2) is 12.8 Å². The summed E-state index contributed by atoms with van der Waals surface area (Å²) in [6, 6.07) is 16.8. The second-order valence-corrected chi connectivity index (χ2v) is 5.56. The van der Waals surface area contributed by atoms with Crippen molar-refractivity contribution < 1.29 is 13.9 Å². The first-order valence-corrected chi connectivity index (χ1v) is 7.55. The molecule has 3 rings (SSSR count). The van der Waals surface area contributed by atoms with E-state index in [9.17, 15) is 4.39 Å². The van der Waals surface area contributed by atoms with Crippen molar-refractivity contribution in [1.29, 1.82) is 0 Å². The highest BCUT2D eigenvalue weighted by Crippen LogP contribution is 2.42. The zero-order valence-corrected chi connectivity index (χ0v) is 13.5. The van der Waals surface area contributed by atoms with Gasteiger partial charge in [-0.05, 0) is 24.3 Å². The summed E-state index contributed by atoms with van der Waals surface area (Å²) < 4.78 is 24.8. The van der Waals surface area contributed by atoms with Crippen molar-refractivity contribution in [2.75, 3.05) is 7.11 Å². The van der Waals surface area contributed by atoms with Crippen molar-refractivity contribution in [2.24, 2.45) is 4.99 Å². The lowest BCUT2D eigenvalue weighted by atomic mass is 9.99. The van der Waals surface area contributed by atoms with Gasteiger partial charge in [0.1, 0.15) is 17.2 Å². The first kappa shape index (κ1) is 16.0. The fourth-order valence-corrected chi connectivity index (χ4v) is 2.75. The maximum absolute atomic E-state index is 13.7. The molecule has 1 heterocycles. The van der Waals surface area contributed by atoms with E-state index in [0.717, 1.165) is 5.56 Å². The van der Waals surface area contributed by atoms with E-state index in [0.29, 0.717) is 22.8 Å². The fourth-order valence-electron chi connectivity index (χ4n) is 2.75. The molecular formula is C20H18FNO2. The minimum absolute atomic E-state index is 0.0747. The number of hydrogen-bond acceptors (Lipinski definition) is 3. The summed E-state index contributed by atoms with van der Waals surface area (Å²) in [5.41, 5.74) is 1.02. The summed E-state index contributed by atoms with van der Waals surface area (Å²) >= 11 is 0. The third-order valence-corrected chi connectivity index (χ3v) is 3.87. The molecule has 2 aromatic carbocycles. The number of halogens is 1. The Morgan fingerprint density at radius 1 is 1.17 bits per heavy atom. The summed E-state index contributed by atoms with van der Waals surface area (Å²) in [4.78, 5) is 4.69. The molecule has 0 amide bonds. The minimum Gasteiger partial charge on any atom is -0.497 e. The zero-order valence-electron chi connectivity index (χ0n) is 13.5. The summed E-state index contributed by atoms with van der Waals surface area (Å²) in [6.45, 7) is 7.32. The van der Waals surface area contributed by atoms with Crippen LogP contribution in [0.3, 0.4) is 0 Å². The summed E-state index contributed by atoms with van der Waals surface area (Å²) in [6.07, 6.45) is -0.0747. The lowest BCUT2D eigenvalue weighted by molar-refractivity contribution is 0.0281. The molecule has 0 fully saturated rings. The average Bonchev–Trinajstić information content (AvgIpc) is 2.92. The van der Waals surface area contributed by atoms with E-state index < -0.39 is 11.6 Å². The lowest BCUT2D eigenvalue weighted by Crippen LogP contribution is -2.23. The maximum atomic E-state index is 13.7. The summed E-state index contributed by atoms with van der Waals surface area (Å²) in [7, 11) is 1.59. The Bertz CT molecular complexity index is 796. The third kappa shape index (κ3) is 2.95. The highest BCUT2D eigenvalue weighted by atomic mass is 19.1. The van der Waals surface area contributed by atoms with Gasteiger partial charge in [-0.15, -0.1) is 0 Å². The number of aliphatic imine (C=N–C) groups is 1. The highest BCUT2D eigenvalue weighted by Gasteiger charge is 2.42. The number of allylic oxidation sites excluding steroid dienone is 1. The SMILES string of the molecule is C=C(F)CC1(c2ccc(OC)cc2)N=C(c2ccccc2)C(=C)O1. The van der Waals surface area contributed by atoms with Crippen molar-refractivity contribution in [3.63, 3.8) is 0 Å². The van der Waals surface area contributed by atoms with Gasteiger partial charge in [0.25, 0.3) is 0 Å². The molecule has 24 heavy (non-hydrogen) atoms. The maximum Gasteiger partial charge on any atom is 0.233 e. The van der Waals surface area contributed by atoms with Crippen LogP contribution in [-0.2, 0) is 10.5 Å². The Labute approximate surface area is 140 Å². The van der Waals surface area contributed by atoms with E-state index >= 15 is 0 Å². The molecule has 0 radical (unpaired) electrons. The molecule has 1 atom stereocenters. The highest BCUT2D eigenvalue weighted by molar-refractivity contribution is 6.12. The molecule has 1 unspecified atom stereocenters. The van der Waals surface area contributed by atoms with Crippen molar-refractivity contribution in [3.05, 3.63) is 90.5 Å². The van der Waals surface area contributed by atoms with Crippen LogP contribution in [0.1, 0.15) is 17.5 Å². The Balaban J connectivity index is 2.08. The molecule has 1 aliphatic heterocycles. The Kier molecular flexibility index (Phi) is 4.21. The van der Waals surface area contributed by atoms with Gasteiger partial charge in [0.15, 0.2) is 0 Å². The molecule has 0 aromatic heterocycles. The van der Waals surface area contributed by atoms with Crippen molar-refractivity contribution in [3.8, 4) is 5.75 Å². The van der Waals surface area contributed by atoms with E-state index in [1.165, 1.54) is 0 Å². The smallest absolute Gasteiger partial charge is 0.233 e. The molecule has 3 nitrogen and oxygen atoms in total. The van der Waals surface area contributed by atoms with Gasteiger partial charge in [0, 0.05) is 11.1 Å². The number of rotatable bonds is 5. The van der Waals surface area contributed by atoms with Gasteiger partial charge >= 0.3 is 0 Å². The zero-order chi connectivity index (χ0) is 17.2. The van der Waals surface area contributed by atoms with Crippen LogP contribution >= 0.6 is 0 Å². The van der Waals surface area contributed by atoms with E-state index in [2.05, 4.69) is 18.2 Å². The molecule has 4 heteroatoms. The average molecular weight is 323 g/mol. The van der Waals surface area contributed by atoms with Gasteiger partial charge < -0.3 is 9.47 Å². The van der Waals surface area contributed by atoms with Crippen LogP contribution in [0.5, 0.6) is 5.75 Å². The molecule has 0 N–H and O–H groups in total. The Morgan fingerprint density at radius 3 is 2.42 bits per heavy atom. The van der Waals surface area contributed by atoms with Gasteiger partial charge in [-0.1, -0.05) is 43.5 Å². The molecule has 0 bridgehead atoms. The van der Waals surface area contributed by atoms with Crippen LogP contribution in [0.2, 0.25) is 0 Å². The number of hydrogen-bond donors (Lipinski definition) is 0. The van der Waals surface area contributed by atoms with Gasteiger partial charge in [0.05, 0.1) is 19.4 Å². The molecule has 1 aliphatic rings. The van der Waals surface area contributed by atoms with E-state index in [1.807, 2.05) is 42.5 Å². The summed E-state index contributed by atoms with van der Waals surface area (Å²) in [5, 5.41) is 0. The van der Waals surface area contributed by atoms with E-state index in [1.54, 1.807) is 19.2 Å². The molecule has 0 spiro atoms. The van der Waals surface area contributed by atoms with Crippen LogP contribution in [0.4, 0.5) is 4.39 Å². The van der Waals surface area contributed by atoms with E-state index in [-0.39, 0.29) is 6.42 Å². The topological polar surface area (TPSA) is 30.8 Å². The molecule has 122 valence electrons.